The van der Waals surface area contributed by atoms with Crippen LogP contribution in [0.3, 0.4) is 0 Å². The Bertz CT molecular complexity index is 541. The fourth-order valence-corrected chi connectivity index (χ4v) is 1.99. The Kier molecular flexibility index (Phi) is 4.47. The fourth-order valence-electron chi connectivity index (χ4n) is 1.51. The van der Waals surface area contributed by atoms with Gasteiger partial charge in [0.1, 0.15) is 5.82 Å². The summed E-state index contributed by atoms with van der Waals surface area (Å²) in [5, 5.41) is 4.73. The summed E-state index contributed by atoms with van der Waals surface area (Å²) in [5.74, 6) is -0.238. The monoisotopic (exact) mass is 306 g/mol. The third-order valence-corrected chi connectivity index (χ3v) is 3.02. The zero-order valence-electron chi connectivity index (χ0n) is 9.61. The second-order valence-electron chi connectivity index (χ2n) is 3.71. The molecule has 0 aromatic heterocycles. The number of nitrogens with zero attached hydrogens (tertiary/aromatic N) is 1. The van der Waals surface area contributed by atoms with Gasteiger partial charge in [0.15, 0.2) is 0 Å². The van der Waals surface area contributed by atoms with E-state index in [4.69, 9.17) is 0 Å². The largest absolute Gasteiger partial charge is 0.279 e. The number of hydrogen-bond acceptors (Lipinski definition) is 2. The summed E-state index contributed by atoms with van der Waals surface area (Å²) in [6, 6.07) is 14.3. The number of halogens is 2. The molecule has 0 radical (unpaired) electrons. The van der Waals surface area contributed by atoms with Crippen LogP contribution in [0.2, 0.25) is 0 Å². The van der Waals surface area contributed by atoms with Crippen LogP contribution in [0.25, 0.3) is 0 Å². The minimum atomic E-state index is -0.238. The van der Waals surface area contributed by atoms with E-state index in [-0.39, 0.29) is 5.82 Å². The highest BCUT2D eigenvalue weighted by Crippen LogP contribution is 2.13. The SMILES string of the molecule is Fc1ccc(C=NNc2ccccc2)c(CBr)c1. The lowest BCUT2D eigenvalue weighted by atomic mass is 10.1. The molecule has 4 heteroatoms. The van der Waals surface area contributed by atoms with Gasteiger partial charge < -0.3 is 0 Å². The van der Waals surface area contributed by atoms with Crippen LogP contribution in [0.4, 0.5) is 10.1 Å². The van der Waals surface area contributed by atoms with E-state index in [1.54, 1.807) is 12.3 Å². The Labute approximate surface area is 114 Å². The second-order valence-corrected chi connectivity index (χ2v) is 4.27. The minimum Gasteiger partial charge on any atom is -0.279 e. The van der Waals surface area contributed by atoms with Crippen molar-refractivity contribution in [2.45, 2.75) is 5.33 Å². The first-order valence-corrected chi connectivity index (χ1v) is 6.60. The molecule has 0 aliphatic carbocycles. The number of para-hydroxylation sites is 1. The molecule has 2 aromatic carbocycles. The lowest BCUT2D eigenvalue weighted by Gasteiger charge is -2.02. The first-order valence-electron chi connectivity index (χ1n) is 5.48. The summed E-state index contributed by atoms with van der Waals surface area (Å²) in [6.07, 6.45) is 1.68. The van der Waals surface area contributed by atoms with E-state index in [1.807, 2.05) is 30.3 Å². The van der Waals surface area contributed by atoms with Crippen molar-refractivity contribution < 1.29 is 4.39 Å². The molecule has 0 unspecified atom stereocenters. The maximum atomic E-state index is 13.0. The molecule has 0 atom stereocenters. The van der Waals surface area contributed by atoms with Crippen molar-refractivity contribution in [1.82, 2.24) is 0 Å². The third kappa shape index (κ3) is 3.40. The first-order chi connectivity index (χ1) is 8.79. The fraction of sp³-hybridized carbons (Fsp3) is 0.0714. The van der Waals surface area contributed by atoms with Crippen molar-refractivity contribution in [3.63, 3.8) is 0 Å². The maximum Gasteiger partial charge on any atom is 0.123 e. The molecule has 92 valence electrons. The molecule has 2 rings (SSSR count). The molecule has 18 heavy (non-hydrogen) atoms. The maximum absolute atomic E-state index is 13.0. The van der Waals surface area contributed by atoms with Gasteiger partial charge in [-0.05, 0) is 35.4 Å². The number of nitrogens with one attached hydrogen (secondary N) is 1. The van der Waals surface area contributed by atoms with Crippen LogP contribution in [-0.2, 0) is 5.33 Å². The van der Waals surface area contributed by atoms with Crippen LogP contribution in [0, 0.1) is 5.82 Å². The number of rotatable bonds is 4. The average molecular weight is 307 g/mol. The highest BCUT2D eigenvalue weighted by Gasteiger charge is 2.00. The number of alkyl halides is 1. The van der Waals surface area contributed by atoms with Crippen molar-refractivity contribution in [1.29, 1.82) is 0 Å². The minimum absolute atomic E-state index is 0.238. The molecule has 0 aliphatic rings. The van der Waals surface area contributed by atoms with Gasteiger partial charge in [0, 0.05) is 5.33 Å². The molecule has 0 bridgehead atoms. The molecule has 0 heterocycles. The normalized spacial score (nSPS) is 10.8. The Morgan fingerprint density at radius 3 is 2.67 bits per heavy atom. The lowest BCUT2D eigenvalue weighted by Crippen LogP contribution is -1.94. The van der Waals surface area contributed by atoms with Crippen molar-refractivity contribution in [2.24, 2.45) is 5.10 Å². The van der Waals surface area contributed by atoms with Gasteiger partial charge in [0.2, 0.25) is 0 Å². The van der Waals surface area contributed by atoms with Gasteiger partial charge in [-0.25, -0.2) is 4.39 Å². The van der Waals surface area contributed by atoms with Gasteiger partial charge in [-0.1, -0.05) is 40.2 Å². The van der Waals surface area contributed by atoms with E-state index in [0.29, 0.717) is 5.33 Å². The Morgan fingerprint density at radius 1 is 1.17 bits per heavy atom. The van der Waals surface area contributed by atoms with E-state index in [2.05, 4.69) is 26.5 Å². The summed E-state index contributed by atoms with van der Waals surface area (Å²) in [6.45, 7) is 0. The molecule has 0 spiro atoms. The summed E-state index contributed by atoms with van der Waals surface area (Å²) < 4.78 is 13.0. The van der Waals surface area contributed by atoms with Gasteiger partial charge in [0.05, 0.1) is 11.9 Å². The van der Waals surface area contributed by atoms with E-state index < -0.39 is 0 Å². The van der Waals surface area contributed by atoms with Gasteiger partial charge in [0.25, 0.3) is 0 Å². The molecular weight excluding hydrogens is 295 g/mol. The summed E-state index contributed by atoms with van der Waals surface area (Å²) in [5.41, 5.74) is 5.59. The molecule has 1 N–H and O–H groups in total. The first kappa shape index (κ1) is 12.8. The number of hydrogen-bond donors (Lipinski definition) is 1. The Morgan fingerprint density at radius 2 is 1.94 bits per heavy atom. The van der Waals surface area contributed by atoms with Crippen molar-refractivity contribution in [3.05, 3.63) is 65.5 Å². The molecule has 0 saturated heterocycles. The summed E-state index contributed by atoms with van der Waals surface area (Å²) in [7, 11) is 0. The number of anilines is 1. The van der Waals surface area contributed by atoms with Crippen molar-refractivity contribution in [2.75, 3.05) is 5.43 Å². The average Bonchev–Trinajstić information content (AvgIpc) is 2.41. The van der Waals surface area contributed by atoms with Crippen LogP contribution in [-0.4, -0.2) is 6.21 Å². The predicted octanol–water partition coefficient (Wildman–Crippen LogP) is 4.17. The lowest BCUT2D eigenvalue weighted by molar-refractivity contribution is 0.626. The van der Waals surface area contributed by atoms with Crippen LogP contribution in [0.5, 0.6) is 0 Å². The molecule has 0 fully saturated rings. The van der Waals surface area contributed by atoms with Crippen LogP contribution < -0.4 is 5.43 Å². The van der Waals surface area contributed by atoms with Crippen molar-refractivity contribution >= 4 is 27.8 Å². The predicted molar refractivity (Wildman–Crippen MR) is 76.7 cm³/mol. The quantitative estimate of drug-likeness (QED) is 0.512. The highest BCUT2D eigenvalue weighted by atomic mass is 79.9. The van der Waals surface area contributed by atoms with Gasteiger partial charge >= 0.3 is 0 Å². The van der Waals surface area contributed by atoms with Crippen LogP contribution in [0.1, 0.15) is 11.1 Å². The van der Waals surface area contributed by atoms with Gasteiger partial charge in [-0.2, -0.15) is 5.10 Å². The molecular formula is C14H12BrFN2. The van der Waals surface area contributed by atoms with Gasteiger partial charge in [-0.15, -0.1) is 0 Å². The van der Waals surface area contributed by atoms with Crippen LogP contribution in [0.15, 0.2) is 53.6 Å². The van der Waals surface area contributed by atoms with E-state index in [0.717, 1.165) is 16.8 Å². The zero-order valence-corrected chi connectivity index (χ0v) is 11.2. The number of benzene rings is 2. The molecule has 2 aromatic rings. The summed E-state index contributed by atoms with van der Waals surface area (Å²) in [4.78, 5) is 0. The molecule has 0 amide bonds. The van der Waals surface area contributed by atoms with Gasteiger partial charge in [-0.3, -0.25) is 5.43 Å². The third-order valence-electron chi connectivity index (χ3n) is 2.42. The van der Waals surface area contributed by atoms with E-state index in [1.165, 1.54) is 12.1 Å². The Balaban J connectivity index is 2.09. The number of hydrazone groups is 1. The smallest absolute Gasteiger partial charge is 0.123 e. The topological polar surface area (TPSA) is 24.4 Å². The standard InChI is InChI=1S/C14H12BrFN2/c15-9-12-8-13(16)7-6-11(12)10-17-18-14-4-2-1-3-5-14/h1-8,10,18H,9H2. The zero-order chi connectivity index (χ0) is 12.8. The van der Waals surface area contributed by atoms with Crippen LogP contribution >= 0.6 is 15.9 Å². The Hall–Kier alpha value is -1.68. The molecule has 0 saturated carbocycles. The summed E-state index contributed by atoms with van der Waals surface area (Å²) >= 11 is 3.33. The van der Waals surface area contributed by atoms with E-state index >= 15 is 0 Å². The van der Waals surface area contributed by atoms with E-state index in [9.17, 15) is 4.39 Å². The second kappa shape index (κ2) is 6.31. The molecule has 2 nitrogen and oxygen atoms in total. The van der Waals surface area contributed by atoms with Crippen molar-refractivity contribution in [3.8, 4) is 0 Å². The highest BCUT2D eigenvalue weighted by molar-refractivity contribution is 9.08. The molecule has 0 aliphatic heterocycles.